The Bertz CT molecular complexity index is 1390. The van der Waals surface area contributed by atoms with Gasteiger partial charge in [-0.3, -0.25) is 9.10 Å². The van der Waals surface area contributed by atoms with Crippen LogP contribution in [-0.2, 0) is 21.4 Å². The molecule has 0 aliphatic heterocycles. The van der Waals surface area contributed by atoms with Crippen LogP contribution in [0.5, 0.6) is 0 Å². The first-order chi connectivity index (χ1) is 16.3. The maximum Gasteiger partial charge on any atom is 0.264 e. The Labute approximate surface area is 203 Å². The number of benzene rings is 3. The molecule has 0 fully saturated rings. The summed E-state index contributed by atoms with van der Waals surface area (Å²) in [5.41, 5.74) is 3.04. The minimum absolute atomic E-state index is 0.0525. The molecule has 0 saturated heterocycles. The summed E-state index contributed by atoms with van der Waals surface area (Å²) in [6.45, 7) is 1.72. The van der Waals surface area contributed by atoms with Gasteiger partial charge >= 0.3 is 0 Å². The molecule has 4 aromatic rings. The van der Waals surface area contributed by atoms with E-state index in [1.165, 1.54) is 24.3 Å². The monoisotopic (exact) mass is 494 g/mol. The van der Waals surface area contributed by atoms with Crippen molar-refractivity contribution in [3.8, 4) is 5.69 Å². The van der Waals surface area contributed by atoms with Crippen LogP contribution in [0.15, 0.2) is 96.4 Å². The van der Waals surface area contributed by atoms with Crippen molar-refractivity contribution < 1.29 is 13.2 Å². The first-order valence-corrected chi connectivity index (χ1v) is 12.3. The van der Waals surface area contributed by atoms with E-state index >= 15 is 0 Å². The van der Waals surface area contributed by atoms with Crippen LogP contribution in [0.25, 0.3) is 5.69 Å². The number of rotatable bonds is 8. The molecule has 0 aliphatic carbocycles. The number of para-hydroxylation sites is 1. The first kappa shape index (κ1) is 23.5. The largest absolute Gasteiger partial charge is 0.350 e. The third kappa shape index (κ3) is 5.30. The third-order valence-corrected chi connectivity index (χ3v) is 7.27. The molecule has 0 saturated carbocycles. The fourth-order valence-electron chi connectivity index (χ4n) is 3.53. The predicted octanol–water partition coefficient (Wildman–Crippen LogP) is 4.35. The molecule has 4 rings (SSSR count). The average Bonchev–Trinajstić information content (AvgIpc) is 3.36. The van der Waals surface area contributed by atoms with E-state index in [2.05, 4.69) is 10.3 Å². The smallest absolute Gasteiger partial charge is 0.264 e. The second-order valence-electron chi connectivity index (χ2n) is 7.68. The van der Waals surface area contributed by atoms with Gasteiger partial charge in [-0.2, -0.15) is 0 Å². The summed E-state index contributed by atoms with van der Waals surface area (Å²) in [4.78, 5) is 17.1. The van der Waals surface area contributed by atoms with Crippen molar-refractivity contribution in [1.82, 2.24) is 14.9 Å². The van der Waals surface area contributed by atoms with E-state index in [0.29, 0.717) is 10.7 Å². The van der Waals surface area contributed by atoms with Gasteiger partial charge in [0.25, 0.3) is 10.0 Å². The zero-order chi connectivity index (χ0) is 24.1. The van der Waals surface area contributed by atoms with Crippen molar-refractivity contribution in [3.63, 3.8) is 0 Å². The Hall–Kier alpha value is -3.62. The highest BCUT2D eigenvalue weighted by Gasteiger charge is 2.27. The van der Waals surface area contributed by atoms with Crippen LogP contribution < -0.4 is 9.62 Å². The van der Waals surface area contributed by atoms with Crippen LogP contribution >= 0.6 is 11.6 Å². The topological polar surface area (TPSA) is 84.3 Å². The molecule has 1 heterocycles. The Kier molecular flexibility index (Phi) is 7.00. The molecule has 174 valence electrons. The molecule has 0 radical (unpaired) electrons. The van der Waals surface area contributed by atoms with Crippen molar-refractivity contribution in [2.45, 2.75) is 18.4 Å². The van der Waals surface area contributed by atoms with Gasteiger partial charge in [0.1, 0.15) is 6.54 Å². The Balaban J connectivity index is 1.58. The molecule has 7 nitrogen and oxygen atoms in total. The molecule has 0 atom stereocenters. The lowest BCUT2D eigenvalue weighted by molar-refractivity contribution is -0.119. The summed E-state index contributed by atoms with van der Waals surface area (Å²) in [6.07, 6.45) is 5.17. The van der Waals surface area contributed by atoms with Crippen molar-refractivity contribution in [2.24, 2.45) is 0 Å². The summed E-state index contributed by atoms with van der Waals surface area (Å²) in [5.74, 6) is -0.431. The lowest BCUT2D eigenvalue weighted by atomic mass is 10.1. The van der Waals surface area contributed by atoms with E-state index in [9.17, 15) is 13.2 Å². The van der Waals surface area contributed by atoms with Crippen LogP contribution in [0.1, 0.15) is 11.1 Å². The molecule has 1 aromatic heterocycles. The van der Waals surface area contributed by atoms with Crippen LogP contribution in [0.2, 0.25) is 5.02 Å². The van der Waals surface area contributed by atoms with Crippen LogP contribution in [0.3, 0.4) is 0 Å². The molecule has 0 aliphatic rings. The van der Waals surface area contributed by atoms with E-state index in [4.69, 9.17) is 11.6 Å². The number of aromatic nitrogens is 2. The minimum atomic E-state index is -4.01. The van der Waals surface area contributed by atoms with Gasteiger partial charge in [-0.25, -0.2) is 13.4 Å². The van der Waals surface area contributed by atoms with Crippen LogP contribution in [-0.4, -0.2) is 30.4 Å². The number of nitrogens with one attached hydrogen (secondary N) is 1. The molecule has 1 N–H and O–H groups in total. The summed E-state index contributed by atoms with van der Waals surface area (Å²) in [5, 5.41) is 3.28. The zero-order valence-corrected chi connectivity index (χ0v) is 20.0. The van der Waals surface area contributed by atoms with Gasteiger partial charge in [0, 0.05) is 24.0 Å². The summed E-state index contributed by atoms with van der Waals surface area (Å²) >= 11 is 5.93. The van der Waals surface area contributed by atoms with Crippen molar-refractivity contribution in [1.29, 1.82) is 0 Å². The molecule has 9 heteroatoms. The standard InChI is InChI=1S/C25H23ClN4O3S/c1-19-5-4-7-22(15-19)30(34(32,33)23-11-9-21(26)10-12-23)17-25(31)28-16-20-6-2-3-8-24(20)29-14-13-27-18-29/h2-15,18H,16-17H2,1H3,(H,28,31). The van der Waals surface area contributed by atoms with Crippen molar-refractivity contribution in [3.05, 3.63) is 108 Å². The molecule has 34 heavy (non-hydrogen) atoms. The summed E-state index contributed by atoms with van der Waals surface area (Å²) in [6, 6.07) is 20.5. The van der Waals surface area contributed by atoms with E-state index in [0.717, 1.165) is 21.1 Å². The number of carbonyl (C=O) groups excluding carboxylic acids is 1. The number of aryl methyl sites for hydroxylation is 1. The van der Waals surface area contributed by atoms with E-state index in [-0.39, 0.29) is 18.0 Å². The highest BCUT2D eigenvalue weighted by atomic mass is 35.5. The van der Waals surface area contributed by atoms with Gasteiger partial charge in [0.15, 0.2) is 0 Å². The summed E-state index contributed by atoms with van der Waals surface area (Å²) in [7, 11) is -4.01. The normalized spacial score (nSPS) is 11.2. The molecule has 1 amide bonds. The molecular weight excluding hydrogens is 472 g/mol. The second-order valence-corrected chi connectivity index (χ2v) is 9.98. The van der Waals surface area contributed by atoms with Crippen molar-refractivity contribution >= 4 is 33.2 Å². The number of carbonyl (C=O) groups is 1. The summed E-state index contributed by atoms with van der Waals surface area (Å²) < 4.78 is 29.9. The van der Waals surface area contributed by atoms with Crippen molar-refractivity contribution in [2.75, 3.05) is 10.8 Å². The second kappa shape index (κ2) is 10.1. The van der Waals surface area contributed by atoms with Crippen LogP contribution in [0, 0.1) is 6.92 Å². The number of nitrogens with zero attached hydrogens (tertiary/aromatic N) is 3. The quantitative estimate of drug-likeness (QED) is 0.395. The Morgan fingerprint density at radius 3 is 2.53 bits per heavy atom. The minimum Gasteiger partial charge on any atom is -0.350 e. The maximum absolute atomic E-state index is 13.5. The predicted molar refractivity (Wildman–Crippen MR) is 133 cm³/mol. The van der Waals surface area contributed by atoms with E-state index in [1.54, 1.807) is 30.7 Å². The SMILES string of the molecule is Cc1cccc(N(CC(=O)NCc2ccccc2-n2ccnc2)S(=O)(=O)c2ccc(Cl)cc2)c1. The Morgan fingerprint density at radius 2 is 1.82 bits per heavy atom. The van der Waals surface area contributed by atoms with Gasteiger partial charge in [0.2, 0.25) is 5.91 Å². The number of sulfonamides is 1. The zero-order valence-electron chi connectivity index (χ0n) is 18.4. The maximum atomic E-state index is 13.5. The fraction of sp³-hybridized carbons (Fsp3) is 0.120. The highest BCUT2D eigenvalue weighted by Crippen LogP contribution is 2.25. The molecule has 0 bridgehead atoms. The molecule has 0 spiro atoms. The fourth-order valence-corrected chi connectivity index (χ4v) is 5.06. The van der Waals surface area contributed by atoms with Crippen LogP contribution in [0.4, 0.5) is 5.69 Å². The van der Waals surface area contributed by atoms with Gasteiger partial charge in [-0.1, -0.05) is 41.9 Å². The molecule has 3 aromatic carbocycles. The van der Waals surface area contributed by atoms with Gasteiger partial charge < -0.3 is 9.88 Å². The third-order valence-electron chi connectivity index (χ3n) is 5.23. The molecular formula is C25H23ClN4O3S. The number of hydrogen-bond donors (Lipinski definition) is 1. The first-order valence-electron chi connectivity index (χ1n) is 10.5. The van der Waals surface area contributed by atoms with Gasteiger partial charge in [-0.05, 0) is 60.5 Å². The number of hydrogen-bond acceptors (Lipinski definition) is 4. The van der Waals surface area contributed by atoms with Gasteiger partial charge in [0.05, 0.1) is 22.6 Å². The lowest BCUT2D eigenvalue weighted by Crippen LogP contribution is -2.40. The van der Waals surface area contributed by atoms with E-state index < -0.39 is 15.9 Å². The molecule has 0 unspecified atom stereocenters. The Morgan fingerprint density at radius 1 is 1.06 bits per heavy atom. The van der Waals surface area contributed by atoms with Gasteiger partial charge in [-0.15, -0.1) is 0 Å². The van der Waals surface area contributed by atoms with E-state index in [1.807, 2.05) is 48.0 Å². The average molecular weight is 495 g/mol. The number of amides is 1. The number of halogens is 1. The number of imidazole rings is 1. The number of anilines is 1. The highest BCUT2D eigenvalue weighted by molar-refractivity contribution is 7.92. The lowest BCUT2D eigenvalue weighted by Gasteiger charge is -2.24.